The van der Waals surface area contributed by atoms with Crippen LogP contribution >= 0.6 is 0 Å². The van der Waals surface area contributed by atoms with E-state index in [1.807, 2.05) is 18.2 Å². The van der Waals surface area contributed by atoms with Crippen molar-refractivity contribution in [3.63, 3.8) is 0 Å². The zero-order chi connectivity index (χ0) is 22.5. The van der Waals surface area contributed by atoms with Crippen LogP contribution < -0.4 is 4.74 Å². The highest BCUT2D eigenvalue weighted by molar-refractivity contribution is 5.91. The second kappa shape index (κ2) is 10.6. The number of rotatable bonds is 6. The van der Waals surface area contributed by atoms with Crippen LogP contribution in [0.2, 0.25) is 0 Å². The lowest BCUT2D eigenvalue weighted by atomic mass is 9.77. The van der Waals surface area contributed by atoms with E-state index in [0.717, 1.165) is 30.2 Å². The summed E-state index contributed by atoms with van der Waals surface area (Å²) in [5.74, 6) is 2.01. The number of hydrogen-bond donors (Lipinski definition) is 0. The van der Waals surface area contributed by atoms with E-state index in [1.54, 1.807) is 12.1 Å². The molecule has 0 radical (unpaired) electrons. The van der Waals surface area contributed by atoms with Crippen molar-refractivity contribution < 1.29 is 13.9 Å². The van der Waals surface area contributed by atoms with Gasteiger partial charge >= 0.3 is 5.97 Å². The van der Waals surface area contributed by atoms with Gasteiger partial charge in [-0.3, -0.25) is 0 Å². The molecular formula is C29H37FO2. The highest BCUT2D eigenvalue weighted by Gasteiger charge is 2.24. The predicted molar refractivity (Wildman–Crippen MR) is 128 cm³/mol. The molecule has 3 heteroatoms. The summed E-state index contributed by atoms with van der Waals surface area (Å²) < 4.78 is 20.3. The van der Waals surface area contributed by atoms with Gasteiger partial charge in [-0.25, -0.2) is 9.18 Å². The third kappa shape index (κ3) is 5.60. The third-order valence-electron chi connectivity index (χ3n) is 7.81. The summed E-state index contributed by atoms with van der Waals surface area (Å²) in [6.07, 6.45) is 12.2. The molecule has 2 saturated carbocycles. The van der Waals surface area contributed by atoms with Crippen LogP contribution in [0.3, 0.4) is 0 Å². The lowest BCUT2D eigenvalue weighted by Crippen LogP contribution is -2.15. The maximum atomic E-state index is 14.8. The minimum Gasteiger partial charge on any atom is -0.423 e. The summed E-state index contributed by atoms with van der Waals surface area (Å²) in [4.78, 5) is 12.6. The van der Waals surface area contributed by atoms with Gasteiger partial charge in [-0.1, -0.05) is 57.7 Å². The first-order chi connectivity index (χ1) is 15.5. The zero-order valence-corrected chi connectivity index (χ0v) is 19.6. The lowest BCUT2D eigenvalue weighted by molar-refractivity contribution is 0.0730. The van der Waals surface area contributed by atoms with E-state index in [-0.39, 0.29) is 5.56 Å². The van der Waals surface area contributed by atoms with Gasteiger partial charge in [0.15, 0.2) is 0 Å². The van der Waals surface area contributed by atoms with Crippen molar-refractivity contribution in [1.29, 1.82) is 0 Å². The zero-order valence-electron chi connectivity index (χ0n) is 19.6. The smallest absolute Gasteiger partial charge is 0.346 e. The normalized spacial score (nSPS) is 26.0. The van der Waals surface area contributed by atoms with E-state index in [4.69, 9.17) is 4.74 Å². The Bertz CT molecular complexity index is 888. The van der Waals surface area contributed by atoms with E-state index < -0.39 is 11.8 Å². The number of carbonyl (C=O) groups is 1. The summed E-state index contributed by atoms with van der Waals surface area (Å²) in [5.41, 5.74) is 2.33. The Balaban J connectivity index is 1.35. The van der Waals surface area contributed by atoms with Gasteiger partial charge in [0, 0.05) is 0 Å². The fourth-order valence-corrected chi connectivity index (χ4v) is 5.71. The van der Waals surface area contributed by atoms with Crippen molar-refractivity contribution in [2.75, 3.05) is 0 Å². The number of ether oxygens (including phenoxy) is 1. The van der Waals surface area contributed by atoms with Crippen molar-refractivity contribution >= 4 is 5.97 Å². The van der Waals surface area contributed by atoms with E-state index >= 15 is 0 Å². The molecule has 0 amide bonds. The quantitative estimate of drug-likeness (QED) is 0.335. The van der Waals surface area contributed by atoms with Crippen LogP contribution in [-0.2, 0) is 0 Å². The molecule has 0 saturated heterocycles. The van der Waals surface area contributed by atoms with Crippen LogP contribution in [-0.4, -0.2) is 5.97 Å². The Hall–Kier alpha value is -2.16. The van der Waals surface area contributed by atoms with Crippen LogP contribution in [0.25, 0.3) is 0 Å². The van der Waals surface area contributed by atoms with Crippen molar-refractivity contribution in [1.82, 2.24) is 0 Å². The minimum absolute atomic E-state index is 0.0127. The molecule has 2 aliphatic rings. The number of esters is 1. The molecule has 0 atom stereocenters. The number of halogens is 1. The van der Waals surface area contributed by atoms with E-state index in [9.17, 15) is 9.18 Å². The van der Waals surface area contributed by atoms with Gasteiger partial charge in [0.25, 0.3) is 0 Å². The molecular weight excluding hydrogens is 399 g/mol. The molecule has 2 aromatic rings. The second-order valence-electron chi connectivity index (χ2n) is 10.2. The minimum atomic E-state index is -0.625. The Morgan fingerprint density at radius 3 is 2.09 bits per heavy atom. The van der Waals surface area contributed by atoms with Crippen LogP contribution in [0.4, 0.5) is 4.39 Å². The van der Waals surface area contributed by atoms with Crippen LogP contribution in [0.1, 0.15) is 111 Å². The third-order valence-corrected chi connectivity index (χ3v) is 7.81. The number of hydrogen-bond acceptors (Lipinski definition) is 2. The fraction of sp³-hybridized carbons (Fsp3) is 0.552. The summed E-state index contributed by atoms with van der Waals surface area (Å²) in [6.45, 7) is 4.56. The van der Waals surface area contributed by atoms with Crippen molar-refractivity contribution in [2.45, 2.75) is 89.9 Å². The fourth-order valence-electron chi connectivity index (χ4n) is 5.71. The highest BCUT2D eigenvalue weighted by atomic mass is 19.1. The highest BCUT2D eigenvalue weighted by Crippen LogP contribution is 2.38. The molecule has 0 bridgehead atoms. The SMILES string of the molecule is CCCC1CCC(c2ccc(C(=O)Oc3ccc(C4CCC(C)CC4)cc3)c(F)c2)CC1. The van der Waals surface area contributed by atoms with Crippen LogP contribution in [0.15, 0.2) is 42.5 Å². The molecule has 4 rings (SSSR count). The molecule has 2 aromatic carbocycles. The monoisotopic (exact) mass is 436 g/mol. The first-order valence-electron chi connectivity index (χ1n) is 12.6. The van der Waals surface area contributed by atoms with Crippen LogP contribution in [0, 0.1) is 17.7 Å². The molecule has 2 aliphatic carbocycles. The first kappa shape index (κ1) is 23.0. The molecule has 0 aliphatic heterocycles. The summed E-state index contributed by atoms with van der Waals surface area (Å²) in [7, 11) is 0. The molecule has 0 N–H and O–H groups in total. The lowest BCUT2D eigenvalue weighted by Gasteiger charge is -2.28. The van der Waals surface area contributed by atoms with Gasteiger partial charge in [0.1, 0.15) is 11.6 Å². The molecule has 0 aromatic heterocycles. The molecule has 172 valence electrons. The molecule has 0 spiro atoms. The Labute approximate surface area is 192 Å². The predicted octanol–water partition coefficient (Wildman–Crippen LogP) is 8.41. The molecule has 2 fully saturated rings. The first-order valence-corrected chi connectivity index (χ1v) is 12.6. The summed E-state index contributed by atoms with van der Waals surface area (Å²) in [6, 6.07) is 12.8. The van der Waals surface area contributed by atoms with Crippen LogP contribution in [0.5, 0.6) is 5.75 Å². The van der Waals surface area contributed by atoms with Gasteiger partial charge in [0.2, 0.25) is 0 Å². The Kier molecular flexibility index (Phi) is 7.65. The molecule has 0 heterocycles. The van der Waals surface area contributed by atoms with E-state index in [0.29, 0.717) is 17.6 Å². The Morgan fingerprint density at radius 1 is 0.875 bits per heavy atom. The van der Waals surface area contributed by atoms with Gasteiger partial charge in [-0.15, -0.1) is 0 Å². The average Bonchev–Trinajstić information content (AvgIpc) is 2.81. The van der Waals surface area contributed by atoms with E-state index in [1.165, 1.54) is 56.9 Å². The topological polar surface area (TPSA) is 26.3 Å². The van der Waals surface area contributed by atoms with Gasteiger partial charge in [0.05, 0.1) is 5.56 Å². The summed E-state index contributed by atoms with van der Waals surface area (Å²) in [5, 5.41) is 0. The summed E-state index contributed by atoms with van der Waals surface area (Å²) >= 11 is 0. The second-order valence-corrected chi connectivity index (χ2v) is 10.2. The average molecular weight is 437 g/mol. The number of carbonyl (C=O) groups excluding carboxylic acids is 1. The largest absolute Gasteiger partial charge is 0.423 e. The van der Waals surface area contributed by atoms with Crippen molar-refractivity contribution in [3.05, 3.63) is 65.0 Å². The Morgan fingerprint density at radius 2 is 1.47 bits per heavy atom. The molecule has 0 unspecified atom stereocenters. The maximum Gasteiger partial charge on any atom is 0.346 e. The van der Waals surface area contributed by atoms with E-state index in [2.05, 4.69) is 26.0 Å². The number of benzene rings is 2. The molecule has 32 heavy (non-hydrogen) atoms. The van der Waals surface area contributed by atoms with Gasteiger partial charge in [-0.05, 0) is 97.6 Å². The van der Waals surface area contributed by atoms with Crippen molar-refractivity contribution in [2.24, 2.45) is 11.8 Å². The van der Waals surface area contributed by atoms with Gasteiger partial charge in [-0.2, -0.15) is 0 Å². The standard InChI is InChI=1S/C29H37FO2/c1-3-4-21-7-11-24(12-8-21)25-15-18-27(28(30)19-25)29(31)32-26-16-13-23(14-17-26)22-9-5-20(2)6-10-22/h13-22,24H,3-12H2,1-2H3. The maximum absolute atomic E-state index is 14.8. The molecule has 2 nitrogen and oxygen atoms in total. The van der Waals surface area contributed by atoms with Crippen molar-refractivity contribution in [3.8, 4) is 5.75 Å². The van der Waals surface area contributed by atoms with Gasteiger partial charge < -0.3 is 4.74 Å².